The van der Waals surface area contributed by atoms with Crippen LogP contribution in [0.25, 0.3) is 17.1 Å². The van der Waals surface area contributed by atoms with Crippen molar-refractivity contribution in [3.05, 3.63) is 59.8 Å². The van der Waals surface area contributed by atoms with Crippen LogP contribution in [0.2, 0.25) is 0 Å². The van der Waals surface area contributed by atoms with Crippen LogP contribution in [0.15, 0.2) is 58.3 Å². The summed E-state index contributed by atoms with van der Waals surface area (Å²) in [4.78, 5) is 13.0. The molecule has 4 rings (SSSR count). The largest absolute Gasteiger partial charge is 0.507 e. The first kappa shape index (κ1) is 21.5. The first-order valence-electron chi connectivity index (χ1n) is 9.90. The molecule has 168 valence electrons. The molecule has 2 heterocycles. The highest BCUT2D eigenvalue weighted by Crippen LogP contribution is 2.28. The van der Waals surface area contributed by atoms with Crippen LogP contribution in [-0.2, 0) is 0 Å². The zero-order valence-corrected chi connectivity index (χ0v) is 17.8. The summed E-state index contributed by atoms with van der Waals surface area (Å²) in [6.07, 6.45) is 0. The number of benzene rings is 2. The van der Waals surface area contributed by atoms with E-state index in [0.29, 0.717) is 34.9 Å². The number of phenols is 1. The lowest BCUT2D eigenvalue weighted by Gasteiger charge is -2.08. The van der Waals surface area contributed by atoms with Crippen LogP contribution >= 0.6 is 0 Å². The van der Waals surface area contributed by atoms with Gasteiger partial charge in [0.25, 0.3) is 5.91 Å². The predicted octanol–water partition coefficient (Wildman–Crippen LogP) is 2.16. The Bertz CT molecular complexity index is 1310. The van der Waals surface area contributed by atoms with Gasteiger partial charge < -0.3 is 15.6 Å². The summed E-state index contributed by atoms with van der Waals surface area (Å²) in [5.41, 5.74) is 10.0. The summed E-state index contributed by atoms with van der Waals surface area (Å²) in [5, 5.41) is 29.4. The van der Waals surface area contributed by atoms with Crippen molar-refractivity contribution in [3.63, 3.8) is 0 Å². The molecule has 12 heteroatoms. The summed E-state index contributed by atoms with van der Waals surface area (Å²) in [7, 11) is 0. The summed E-state index contributed by atoms with van der Waals surface area (Å²) in [6, 6.07) is 13.7. The molecule has 0 fully saturated rings. The molecular weight excluding hydrogens is 428 g/mol. The molecule has 0 saturated carbocycles. The number of anilines is 1. The Balaban J connectivity index is 1.71. The average molecular weight is 448 g/mol. The third-order valence-electron chi connectivity index (χ3n) is 4.64. The Hall–Kier alpha value is -4.74. The fourth-order valence-electron chi connectivity index (χ4n) is 3.08. The molecule has 0 radical (unpaired) electrons. The molecule has 0 aliphatic carbocycles. The number of rotatable bonds is 7. The van der Waals surface area contributed by atoms with Gasteiger partial charge in [-0.15, -0.1) is 5.10 Å². The minimum absolute atomic E-state index is 0.0209. The van der Waals surface area contributed by atoms with Crippen molar-refractivity contribution in [2.45, 2.75) is 13.8 Å². The molecule has 12 nitrogen and oxygen atoms in total. The van der Waals surface area contributed by atoms with Crippen molar-refractivity contribution in [2.24, 2.45) is 5.10 Å². The minimum Gasteiger partial charge on any atom is -0.507 e. The Morgan fingerprint density at radius 3 is 2.64 bits per heavy atom. The van der Waals surface area contributed by atoms with Gasteiger partial charge in [-0.25, -0.2) is 10.1 Å². The second kappa shape index (κ2) is 9.18. The number of amides is 1. The lowest BCUT2D eigenvalue weighted by atomic mass is 10.1. The SMILES string of the molecule is CCOc1ccc(-c2c(C(=O)N/N=C(/C)c3ccccc3O)nnn2-c2nonc2N)cc1. The van der Waals surface area contributed by atoms with Gasteiger partial charge in [0.2, 0.25) is 11.6 Å². The molecule has 0 spiro atoms. The molecule has 0 atom stereocenters. The van der Waals surface area contributed by atoms with Gasteiger partial charge in [0, 0.05) is 11.1 Å². The molecular formula is C21H20N8O4. The van der Waals surface area contributed by atoms with E-state index < -0.39 is 5.91 Å². The molecule has 0 bridgehead atoms. The second-order valence-corrected chi connectivity index (χ2v) is 6.78. The number of hydrazone groups is 1. The van der Waals surface area contributed by atoms with Crippen LogP contribution in [-0.4, -0.2) is 48.6 Å². The Morgan fingerprint density at radius 2 is 1.97 bits per heavy atom. The maximum absolute atomic E-state index is 13.0. The molecule has 4 N–H and O–H groups in total. The molecule has 4 aromatic rings. The first-order chi connectivity index (χ1) is 16.0. The van der Waals surface area contributed by atoms with Gasteiger partial charge in [-0.05, 0) is 60.6 Å². The maximum atomic E-state index is 13.0. The number of hydrogen-bond donors (Lipinski definition) is 3. The maximum Gasteiger partial charge on any atom is 0.294 e. The van der Waals surface area contributed by atoms with E-state index in [1.807, 2.05) is 6.92 Å². The molecule has 1 amide bonds. The number of phenolic OH excluding ortho intramolecular Hbond substituents is 1. The van der Waals surface area contributed by atoms with E-state index in [4.69, 9.17) is 10.5 Å². The summed E-state index contributed by atoms with van der Waals surface area (Å²) < 4.78 is 11.4. The Morgan fingerprint density at radius 1 is 1.21 bits per heavy atom. The highest BCUT2D eigenvalue weighted by atomic mass is 16.6. The van der Waals surface area contributed by atoms with Crippen molar-refractivity contribution in [1.82, 2.24) is 30.7 Å². The molecule has 0 unspecified atom stereocenters. The molecule has 0 aliphatic rings. The third-order valence-corrected chi connectivity index (χ3v) is 4.64. The number of aromatic hydroxyl groups is 1. The van der Waals surface area contributed by atoms with Crippen LogP contribution in [0.3, 0.4) is 0 Å². The number of hydrogen-bond acceptors (Lipinski definition) is 10. The second-order valence-electron chi connectivity index (χ2n) is 6.78. The van der Waals surface area contributed by atoms with E-state index in [1.165, 1.54) is 10.7 Å². The van der Waals surface area contributed by atoms with E-state index in [-0.39, 0.29) is 23.1 Å². The molecule has 33 heavy (non-hydrogen) atoms. The van der Waals surface area contributed by atoms with Gasteiger partial charge in [-0.2, -0.15) is 9.78 Å². The van der Waals surface area contributed by atoms with E-state index in [9.17, 15) is 9.90 Å². The molecule has 2 aromatic carbocycles. The van der Waals surface area contributed by atoms with Crippen molar-refractivity contribution in [3.8, 4) is 28.6 Å². The zero-order chi connectivity index (χ0) is 23.4. The van der Waals surface area contributed by atoms with Crippen LogP contribution in [0.4, 0.5) is 5.82 Å². The third kappa shape index (κ3) is 4.35. The summed E-state index contributed by atoms with van der Waals surface area (Å²) in [6.45, 7) is 4.05. The number of nitrogens with one attached hydrogen (secondary N) is 1. The van der Waals surface area contributed by atoms with Crippen LogP contribution < -0.4 is 15.9 Å². The minimum atomic E-state index is -0.630. The van der Waals surface area contributed by atoms with Gasteiger partial charge in [-0.1, -0.05) is 17.3 Å². The van der Waals surface area contributed by atoms with Crippen molar-refractivity contribution in [2.75, 3.05) is 12.3 Å². The Kier molecular flexibility index (Phi) is 5.98. The number of nitrogens with zero attached hydrogens (tertiary/aromatic N) is 6. The van der Waals surface area contributed by atoms with Crippen molar-refractivity contribution >= 4 is 17.4 Å². The van der Waals surface area contributed by atoms with Crippen molar-refractivity contribution in [1.29, 1.82) is 0 Å². The number of carbonyl (C=O) groups is 1. The molecule has 0 saturated heterocycles. The number of aromatic nitrogens is 5. The van der Waals surface area contributed by atoms with Gasteiger partial charge in [0.1, 0.15) is 17.2 Å². The number of nitrogen functional groups attached to an aromatic ring is 1. The highest BCUT2D eigenvalue weighted by Gasteiger charge is 2.25. The van der Waals surface area contributed by atoms with Crippen LogP contribution in [0.5, 0.6) is 11.5 Å². The number of para-hydroxylation sites is 1. The monoisotopic (exact) mass is 448 g/mol. The quantitative estimate of drug-likeness (QED) is 0.283. The van der Waals surface area contributed by atoms with Crippen molar-refractivity contribution < 1.29 is 19.3 Å². The molecule has 0 aliphatic heterocycles. The van der Waals surface area contributed by atoms with Gasteiger partial charge in [0.05, 0.1) is 12.3 Å². The number of ether oxygens (including phenoxy) is 1. The van der Waals surface area contributed by atoms with E-state index in [0.717, 1.165) is 0 Å². The number of nitrogens with two attached hydrogens (primary N) is 1. The fourth-order valence-corrected chi connectivity index (χ4v) is 3.08. The summed E-state index contributed by atoms with van der Waals surface area (Å²) in [5.74, 6) is 0.140. The topological polar surface area (TPSA) is 167 Å². The van der Waals surface area contributed by atoms with E-state index >= 15 is 0 Å². The van der Waals surface area contributed by atoms with Crippen LogP contribution in [0.1, 0.15) is 29.9 Å². The van der Waals surface area contributed by atoms with Gasteiger partial charge in [-0.3, -0.25) is 4.79 Å². The van der Waals surface area contributed by atoms with Crippen LogP contribution in [0, 0.1) is 0 Å². The number of carbonyl (C=O) groups excluding carboxylic acids is 1. The smallest absolute Gasteiger partial charge is 0.294 e. The van der Waals surface area contributed by atoms with Gasteiger partial charge in [0.15, 0.2) is 5.69 Å². The standard InChI is InChI=1S/C21H20N8O4/c1-3-32-14-10-8-13(9-11-14)18-17(24-28-29(18)20-19(22)26-33-27-20)21(31)25-23-12(2)15-6-4-5-7-16(15)30/h4-11,30H,3H2,1-2H3,(H2,22,26)(H,25,31)/b23-12-. The first-order valence-corrected chi connectivity index (χ1v) is 9.90. The fraction of sp³-hybridized carbons (Fsp3) is 0.143. The van der Waals surface area contributed by atoms with Gasteiger partial charge >= 0.3 is 0 Å². The zero-order valence-electron chi connectivity index (χ0n) is 17.8. The average Bonchev–Trinajstić information content (AvgIpc) is 3.44. The van der Waals surface area contributed by atoms with E-state index in [1.54, 1.807) is 49.4 Å². The lowest BCUT2D eigenvalue weighted by Crippen LogP contribution is -2.21. The highest BCUT2D eigenvalue weighted by molar-refractivity contribution is 6.03. The Labute approximate surface area is 187 Å². The van der Waals surface area contributed by atoms with E-state index in [2.05, 4.69) is 35.8 Å². The predicted molar refractivity (Wildman–Crippen MR) is 118 cm³/mol. The summed E-state index contributed by atoms with van der Waals surface area (Å²) >= 11 is 0. The molecule has 2 aromatic heterocycles. The lowest BCUT2D eigenvalue weighted by molar-refractivity contribution is 0.0950. The normalized spacial score (nSPS) is 11.4.